The fourth-order valence-electron chi connectivity index (χ4n) is 8.55. The van der Waals surface area contributed by atoms with Crippen LogP contribution in [0.1, 0.15) is 166 Å². The minimum atomic E-state index is -0.666. The van der Waals surface area contributed by atoms with E-state index in [1.165, 1.54) is 12.8 Å². The van der Waals surface area contributed by atoms with Gasteiger partial charge in [0, 0.05) is 5.56 Å². The van der Waals surface area contributed by atoms with Crippen molar-refractivity contribution in [3.8, 4) is 39.5 Å². The van der Waals surface area contributed by atoms with Gasteiger partial charge in [-0.3, -0.25) is 0 Å². The highest BCUT2D eigenvalue weighted by Gasteiger charge is 2.29. The molecule has 0 N–H and O–H groups in total. The Morgan fingerprint density at radius 1 is 0.483 bits per heavy atom. The van der Waals surface area contributed by atoms with Crippen LogP contribution in [-0.4, -0.2) is 54.5 Å². The van der Waals surface area contributed by atoms with Crippen molar-refractivity contribution in [2.75, 3.05) is 19.8 Å². The first-order valence-electron chi connectivity index (χ1n) is 22.1. The van der Waals surface area contributed by atoms with Crippen LogP contribution >= 0.6 is 0 Å². The molecule has 2 aliphatic carbocycles. The molecule has 0 spiro atoms. The van der Waals surface area contributed by atoms with Gasteiger partial charge in [-0.1, -0.05) is 50.7 Å². The van der Waals surface area contributed by atoms with Crippen molar-refractivity contribution in [1.82, 2.24) is 0 Å². The molecule has 0 atom stereocenters. The summed E-state index contributed by atoms with van der Waals surface area (Å²) in [6, 6.07) is 12.8. The normalized spacial score (nSPS) is 15.6. The van der Waals surface area contributed by atoms with E-state index in [0.717, 1.165) is 101 Å². The number of ether oxygens (including phenoxy) is 6. The molecule has 5 rings (SSSR count). The quantitative estimate of drug-likeness (QED) is 0.123. The van der Waals surface area contributed by atoms with Crippen LogP contribution in [0.2, 0.25) is 0 Å². The van der Waals surface area contributed by atoms with Crippen molar-refractivity contribution >= 4 is 17.9 Å². The smallest absolute Gasteiger partial charge is 0.344 e. The molecule has 2 saturated carbocycles. The Labute approximate surface area is 359 Å². The minimum Gasteiger partial charge on any atom is -0.482 e. The van der Waals surface area contributed by atoms with Crippen molar-refractivity contribution in [3.05, 3.63) is 64.2 Å². The second kappa shape index (κ2) is 19.5. The molecule has 0 saturated heterocycles. The van der Waals surface area contributed by atoms with Gasteiger partial charge in [0.15, 0.2) is 19.8 Å². The third-order valence-electron chi connectivity index (χ3n) is 11.0. The zero-order valence-electron chi connectivity index (χ0n) is 38.5. The monoisotopic (exact) mass is 827 g/mol. The molecule has 0 unspecified atom stereocenters. The van der Waals surface area contributed by atoms with Gasteiger partial charge in [0.25, 0.3) is 0 Å². The van der Waals surface area contributed by atoms with Crippen LogP contribution in [-0.2, 0) is 28.6 Å². The summed E-state index contributed by atoms with van der Waals surface area (Å²) in [5.74, 6) is 1.22. The Bertz CT molecular complexity index is 1990. The lowest BCUT2D eigenvalue weighted by atomic mass is 9.79. The van der Waals surface area contributed by atoms with Crippen molar-refractivity contribution in [2.45, 2.75) is 176 Å². The fraction of sp³-hybridized carbons (Fsp3) is 0.588. The molecule has 0 bridgehead atoms. The summed E-state index contributed by atoms with van der Waals surface area (Å²) >= 11 is 0. The van der Waals surface area contributed by atoms with Crippen molar-refractivity contribution in [2.24, 2.45) is 0 Å². The third-order valence-corrected chi connectivity index (χ3v) is 11.0. The molecule has 3 aromatic rings. The van der Waals surface area contributed by atoms with E-state index in [9.17, 15) is 14.4 Å². The highest BCUT2D eigenvalue weighted by atomic mass is 16.6. The molecule has 9 nitrogen and oxygen atoms in total. The van der Waals surface area contributed by atoms with Gasteiger partial charge in [0.2, 0.25) is 0 Å². The highest BCUT2D eigenvalue weighted by Crippen LogP contribution is 2.49. The minimum absolute atomic E-state index is 0.181. The zero-order valence-corrected chi connectivity index (χ0v) is 38.5. The lowest BCUT2D eigenvalue weighted by Crippen LogP contribution is -2.27. The number of hydrogen-bond donors (Lipinski definition) is 0. The number of carbonyl (C=O) groups excluding carboxylic acids is 3. The molecule has 0 heterocycles. The first kappa shape index (κ1) is 46.5. The second-order valence-corrected chi connectivity index (χ2v) is 19.8. The number of hydrogen-bond acceptors (Lipinski definition) is 9. The number of esters is 3. The zero-order chi connectivity index (χ0) is 44.0. The van der Waals surface area contributed by atoms with E-state index in [1.54, 1.807) is 0 Å². The summed E-state index contributed by atoms with van der Waals surface area (Å²) in [5.41, 5.74) is 6.80. The Hall–Kier alpha value is -4.53. The Morgan fingerprint density at radius 2 is 0.867 bits per heavy atom. The molecule has 0 aromatic heterocycles. The molecular weight excluding hydrogens is 757 g/mol. The molecule has 2 aliphatic rings. The predicted octanol–water partition coefficient (Wildman–Crippen LogP) is 12.2. The van der Waals surface area contributed by atoms with Crippen LogP contribution in [0.25, 0.3) is 22.3 Å². The number of benzene rings is 3. The first-order chi connectivity index (χ1) is 28.1. The van der Waals surface area contributed by atoms with Crippen LogP contribution in [0.15, 0.2) is 36.4 Å². The lowest BCUT2D eigenvalue weighted by Gasteiger charge is -2.28. The molecule has 0 radical (unpaired) electrons. The van der Waals surface area contributed by atoms with E-state index in [0.29, 0.717) is 17.2 Å². The van der Waals surface area contributed by atoms with E-state index >= 15 is 0 Å². The van der Waals surface area contributed by atoms with Gasteiger partial charge in [0.05, 0.1) is 0 Å². The lowest BCUT2D eigenvalue weighted by molar-refractivity contribution is -0.158. The Kier molecular flexibility index (Phi) is 15.1. The summed E-state index contributed by atoms with van der Waals surface area (Å²) in [5, 5.41) is 0. The average Bonchev–Trinajstić information content (AvgIpc) is 3.14. The Balaban J connectivity index is 1.70. The fourth-order valence-corrected chi connectivity index (χ4v) is 8.55. The van der Waals surface area contributed by atoms with Crippen LogP contribution in [0.5, 0.6) is 17.2 Å². The molecule has 2 fully saturated rings. The van der Waals surface area contributed by atoms with Gasteiger partial charge < -0.3 is 28.4 Å². The van der Waals surface area contributed by atoms with Gasteiger partial charge in [-0.05, 0) is 189 Å². The van der Waals surface area contributed by atoms with Gasteiger partial charge >= 0.3 is 17.9 Å². The van der Waals surface area contributed by atoms with E-state index in [-0.39, 0.29) is 31.7 Å². The van der Waals surface area contributed by atoms with Crippen LogP contribution in [0.4, 0.5) is 0 Å². The molecular formula is C51H70O9. The second-order valence-electron chi connectivity index (χ2n) is 19.8. The van der Waals surface area contributed by atoms with Crippen molar-refractivity contribution in [1.29, 1.82) is 0 Å². The number of aryl methyl sites for hydroxylation is 3. The SMILES string of the molecule is Cc1cc(OCC(=O)OC(C)(C)C)c(C2CCCCC2)cc1-c1ccc(C)c(OCC(=O)OC(C)(C)C)c1-c1cc(C2CCCCC2)c(OCC(=O)OC(C)(C)C)cc1C. The van der Waals surface area contributed by atoms with Crippen molar-refractivity contribution < 1.29 is 42.8 Å². The summed E-state index contributed by atoms with van der Waals surface area (Å²) in [6.07, 6.45) is 11.0. The van der Waals surface area contributed by atoms with Gasteiger partial charge in [-0.25, -0.2) is 14.4 Å². The van der Waals surface area contributed by atoms with Gasteiger partial charge in [0.1, 0.15) is 34.1 Å². The van der Waals surface area contributed by atoms with E-state index in [1.807, 2.05) is 81.4 Å². The van der Waals surface area contributed by atoms with Crippen molar-refractivity contribution in [3.63, 3.8) is 0 Å². The maximum atomic E-state index is 13.2. The van der Waals surface area contributed by atoms with Crippen LogP contribution < -0.4 is 14.2 Å². The summed E-state index contributed by atoms with van der Waals surface area (Å²) in [6.45, 7) is 22.1. The molecule has 328 valence electrons. The third kappa shape index (κ3) is 13.0. The maximum Gasteiger partial charge on any atom is 0.344 e. The van der Waals surface area contributed by atoms with E-state index in [4.69, 9.17) is 28.4 Å². The maximum absolute atomic E-state index is 13.2. The van der Waals surface area contributed by atoms with E-state index < -0.39 is 34.7 Å². The topological polar surface area (TPSA) is 107 Å². The van der Waals surface area contributed by atoms with Gasteiger partial charge in [-0.15, -0.1) is 0 Å². The standard InChI is InChI=1S/C51H70O9/c1-32-23-24-37(38-27-40(35-19-15-13-16-20-35)42(25-33(38)2)55-29-44(52)58-49(4,5)6)47(48(32)57-31-46(54)60-51(10,11)12)39-28-41(36-21-17-14-18-22-36)43(26-34(39)3)56-30-45(53)59-50(7,8)9/h23-28,35-36H,13-22,29-31H2,1-12H3. The molecule has 9 heteroatoms. The van der Waals surface area contributed by atoms with Crippen LogP contribution in [0, 0.1) is 20.8 Å². The predicted molar refractivity (Wildman–Crippen MR) is 237 cm³/mol. The summed E-state index contributed by atoms with van der Waals surface area (Å²) in [4.78, 5) is 38.9. The van der Waals surface area contributed by atoms with Gasteiger partial charge in [-0.2, -0.15) is 0 Å². The largest absolute Gasteiger partial charge is 0.482 e. The molecule has 3 aromatic carbocycles. The Morgan fingerprint density at radius 3 is 1.28 bits per heavy atom. The number of rotatable bonds is 13. The molecule has 0 aliphatic heterocycles. The number of carbonyl (C=O) groups is 3. The van der Waals surface area contributed by atoms with E-state index in [2.05, 4.69) is 38.1 Å². The molecule has 60 heavy (non-hydrogen) atoms. The average molecular weight is 827 g/mol. The summed E-state index contributed by atoms with van der Waals surface area (Å²) < 4.78 is 36.1. The van der Waals surface area contributed by atoms with Crippen LogP contribution in [0.3, 0.4) is 0 Å². The highest BCUT2D eigenvalue weighted by molar-refractivity contribution is 5.92. The molecule has 0 amide bonds. The first-order valence-corrected chi connectivity index (χ1v) is 22.1. The summed E-state index contributed by atoms with van der Waals surface area (Å²) in [7, 11) is 0.